The van der Waals surface area contributed by atoms with Crippen molar-refractivity contribution in [1.29, 1.82) is 5.26 Å². The van der Waals surface area contributed by atoms with E-state index in [1.54, 1.807) is 17.5 Å². The molecular formula is C29H31N5O3S2. The number of pyridine rings is 1. The van der Waals surface area contributed by atoms with Crippen molar-refractivity contribution in [3.63, 3.8) is 0 Å². The molecule has 39 heavy (non-hydrogen) atoms. The van der Waals surface area contributed by atoms with Gasteiger partial charge in [0.05, 0.1) is 28.1 Å². The van der Waals surface area contributed by atoms with Crippen LogP contribution in [0.15, 0.2) is 48.8 Å². The fraction of sp³-hybridized carbons (Fsp3) is 0.448. The maximum Gasteiger partial charge on any atom is 0.225 e. The Balaban J connectivity index is 1.34. The van der Waals surface area contributed by atoms with Crippen LogP contribution in [0.2, 0.25) is 0 Å². The van der Waals surface area contributed by atoms with Crippen molar-refractivity contribution in [2.24, 2.45) is 5.92 Å². The topological polar surface area (TPSA) is 116 Å². The third-order valence-electron chi connectivity index (χ3n) is 8.18. The zero-order valence-electron chi connectivity index (χ0n) is 21.7. The summed E-state index contributed by atoms with van der Waals surface area (Å²) in [4.78, 5) is 26.0. The highest BCUT2D eigenvalue weighted by Crippen LogP contribution is 2.46. The number of carbonyl (C=O) groups excluding carboxylic acids is 1. The van der Waals surface area contributed by atoms with Crippen molar-refractivity contribution in [3.05, 3.63) is 54.5 Å². The summed E-state index contributed by atoms with van der Waals surface area (Å²) >= 11 is 1.62. The van der Waals surface area contributed by atoms with E-state index in [0.29, 0.717) is 13.1 Å². The Kier molecular flexibility index (Phi) is 6.89. The van der Waals surface area contributed by atoms with Gasteiger partial charge in [-0.25, -0.2) is 13.4 Å². The van der Waals surface area contributed by atoms with Crippen molar-refractivity contribution in [2.75, 3.05) is 29.5 Å². The summed E-state index contributed by atoms with van der Waals surface area (Å²) in [6, 6.07) is 14.4. The van der Waals surface area contributed by atoms with Crippen molar-refractivity contribution < 1.29 is 13.2 Å². The van der Waals surface area contributed by atoms with Gasteiger partial charge in [0.15, 0.2) is 9.84 Å². The van der Waals surface area contributed by atoms with Gasteiger partial charge in [-0.15, -0.1) is 11.3 Å². The van der Waals surface area contributed by atoms with Crippen LogP contribution in [-0.2, 0) is 14.6 Å². The van der Waals surface area contributed by atoms with Crippen LogP contribution < -0.4 is 10.2 Å². The Morgan fingerprint density at radius 1 is 1.08 bits per heavy atom. The van der Waals surface area contributed by atoms with Gasteiger partial charge in [-0.3, -0.25) is 9.78 Å². The Hall–Kier alpha value is -3.29. The summed E-state index contributed by atoms with van der Waals surface area (Å²) in [5.41, 5.74) is 3.24. The maximum atomic E-state index is 13.4. The van der Waals surface area contributed by atoms with Crippen LogP contribution in [0, 0.1) is 17.2 Å². The standard InChI is InChI=1S/C29H31N5O3S2/c30-19-29(11-12-29)33-27(35)24-6-2-1-5-23(24)25-26(38-28(32-25)21-4-3-13-31-18-21)20-7-9-22(10-8-20)34-14-16-39(36,37)17-15-34/h3-4,7-10,13,18,23-24H,1-2,5-6,11-12,14-17H2,(H,33,35)/t23-,24-/m1/s1. The molecule has 1 aromatic carbocycles. The molecule has 10 heteroatoms. The van der Waals surface area contributed by atoms with Crippen LogP contribution in [0.25, 0.3) is 21.0 Å². The SMILES string of the molecule is N#CC1(NC(=O)[C@@H]2CCCC[C@H]2c2nc(-c3cccnc3)sc2-c2ccc(N3CCS(=O)(=O)CC3)cc2)CC1. The molecule has 2 aliphatic carbocycles. The lowest BCUT2D eigenvalue weighted by molar-refractivity contribution is -0.127. The fourth-order valence-corrected chi connectivity index (χ4v) is 8.02. The Bertz CT molecular complexity index is 1490. The van der Waals surface area contributed by atoms with E-state index >= 15 is 0 Å². The monoisotopic (exact) mass is 561 g/mol. The zero-order chi connectivity index (χ0) is 27.0. The van der Waals surface area contributed by atoms with Crippen LogP contribution in [0.5, 0.6) is 0 Å². The molecule has 2 atom stereocenters. The third kappa shape index (κ3) is 5.43. The maximum absolute atomic E-state index is 13.4. The van der Waals surface area contributed by atoms with Crippen LogP contribution in [-0.4, -0.2) is 54.4 Å². The first-order valence-electron chi connectivity index (χ1n) is 13.6. The molecule has 3 heterocycles. The average Bonchev–Trinajstić information content (AvgIpc) is 3.60. The van der Waals surface area contributed by atoms with Gasteiger partial charge in [0.2, 0.25) is 5.91 Å². The average molecular weight is 562 g/mol. The van der Waals surface area contributed by atoms with Crippen LogP contribution in [0.1, 0.15) is 50.1 Å². The van der Waals surface area contributed by atoms with Crippen molar-refractivity contribution >= 4 is 32.8 Å². The first-order valence-corrected chi connectivity index (χ1v) is 16.2. The van der Waals surface area contributed by atoms with Gasteiger partial charge in [-0.05, 0) is 55.5 Å². The largest absolute Gasteiger partial charge is 0.369 e. The first-order chi connectivity index (χ1) is 18.9. The fourth-order valence-electron chi connectivity index (χ4n) is 5.69. The predicted molar refractivity (Wildman–Crippen MR) is 152 cm³/mol. The molecule has 1 amide bonds. The van der Waals surface area contributed by atoms with Gasteiger partial charge in [-0.2, -0.15) is 5.26 Å². The van der Waals surface area contributed by atoms with Crippen LogP contribution in [0.3, 0.4) is 0 Å². The van der Waals surface area contributed by atoms with Crippen molar-refractivity contribution in [2.45, 2.75) is 50.0 Å². The highest BCUT2D eigenvalue weighted by Gasteiger charge is 2.47. The van der Waals surface area contributed by atoms with E-state index in [2.05, 4.69) is 45.5 Å². The Morgan fingerprint density at radius 3 is 2.49 bits per heavy atom. The second-order valence-electron chi connectivity index (χ2n) is 10.8. The molecule has 6 rings (SSSR count). The first kappa shape index (κ1) is 26.0. The van der Waals surface area contributed by atoms with Gasteiger partial charge >= 0.3 is 0 Å². The number of hydrogen-bond acceptors (Lipinski definition) is 8. The number of thiazole rings is 1. The van der Waals surface area contributed by atoms with Gasteiger partial charge in [0.1, 0.15) is 10.5 Å². The van der Waals surface area contributed by atoms with Crippen molar-refractivity contribution in [3.8, 4) is 27.1 Å². The molecule has 8 nitrogen and oxygen atoms in total. The van der Waals surface area contributed by atoms with E-state index in [-0.39, 0.29) is 29.2 Å². The number of carbonyl (C=O) groups is 1. The molecule has 2 saturated carbocycles. The number of hydrogen-bond donors (Lipinski definition) is 1. The van der Waals surface area contributed by atoms with Gasteiger partial charge < -0.3 is 10.2 Å². The number of nitrogens with zero attached hydrogens (tertiary/aromatic N) is 4. The molecule has 3 aromatic rings. The van der Waals surface area contributed by atoms with Crippen LogP contribution in [0.4, 0.5) is 5.69 Å². The smallest absolute Gasteiger partial charge is 0.225 e. The molecular weight excluding hydrogens is 530 g/mol. The van der Waals surface area contributed by atoms with E-state index in [4.69, 9.17) is 4.98 Å². The summed E-state index contributed by atoms with van der Waals surface area (Å²) in [7, 11) is -2.94. The number of anilines is 1. The van der Waals surface area contributed by atoms with Gasteiger partial charge in [-0.1, -0.05) is 25.0 Å². The normalized spacial score (nSPS) is 23.5. The highest BCUT2D eigenvalue weighted by atomic mass is 32.2. The summed E-state index contributed by atoms with van der Waals surface area (Å²) in [5.74, 6) is 0.0793. The van der Waals surface area contributed by atoms with E-state index in [9.17, 15) is 18.5 Å². The Labute approximate surface area is 233 Å². The van der Waals surface area contributed by atoms with Crippen molar-refractivity contribution in [1.82, 2.24) is 15.3 Å². The number of aromatic nitrogens is 2. The molecule has 0 bridgehead atoms. The number of benzene rings is 1. The molecule has 3 fully saturated rings. The molecule has 1 aliphatic heterocycles. The quantitative estimate of drug-likeness (QED) is 0.469. The zero-order valence-corrected chi connectivity index (χ0v) is 23.3. The summed E-state index contributed by atoms with van der Waals surface area (Å²) < 4.78 is 23.7. The number of nitrogens with one attached hydrogen (secondary N) is 1. The summed E-state index contributed by atoms with van der Waals surface area (Å²) in [6.07, 6.45) is 8.68. The lowest BCUT2D eigenvalue weighted by Crippen LogP contribution is -2.42. The molecule has 2 aromatic heterocycles. The lowest BCUT2D eigenvalue weighted by Gasteiger charge is -2.31. The van der Waals surface area contributed by atoms with Gasteiger partial charge in [0.25, 0.3) is 0 Å². The Morgan fingerprint density at radius 2 is 1.82 bits per heavy atom. The molecule has 0 unspecified atom stereocenters. The van der Waals surface area contributed by atoms with Gasteiger partial charge in [0, 0.05) is 48.6 Å². The third-order valence-corrected chi connectivity index (χ3v) is 11.0. The minimum Gasteiger partial charge on any atom is -0.369 e. The molecule has 0 radical (unpaired) electrons. The number of sulfone groups is 1. The minimum atomic E-state index is -2.94. The predicted octanol–water partition coefficient (Wildman–Crippen LogP) is 4.55. The lowest BCUT2D eigenvalue weighted by atomic mass is 9.76. The second kappa shape index (κ2) is 10.4. The minimum absolute atomic E-state index is 0.0307. The highest BCUT2D eigenvalue weighted by molar-refractivity contribution is 7.91. The van der Waals surface area contributed by atoms with E-state index < -0.39 is 15.4 Å². The molecule has 1 saturated heterocycles. The number of amides is 1. The molecule has 1 N–H and O–H groups in total. The molecule has 202 valence electrons. The molecule has 3 aliphatic rings. The molecule has 0 spiro atoms. The van der Waals surface area contributed by atoms with Crippen LogP contribution >= 0.6 is 11.3 Å². The van der Waals surface area contributed by atoms with E-state index in [1.807, 2.05) is 18.3 Å². The summed E-state index contributed by atoms with van der Waals surface area (Å²) in [6.45, 7) is 1.00. The number of rotatable bonds is 6. The van der Waals surface area contributed by atoms with E-state index in [0.717, 1.165) is 70.9 Å². The van der Waals surface area contributed by atoms with E-state index in [1.165, 1.54) is 0 Å². The number of nitriles is 1. The summed E-state index contributed by atoms with van der Waals surface area (Å²) in [5, 5.41) is 13.5. The second-order valence-corrected chi connectivity index (χ2v) is 14.1.